The second-order valence-corrected chi connectivity index (χ2v) is 7.73. The van der Waals surface area contributed by atoms with Crippen LogP contribution in [0, 0.1) is 11.6 Å². The Morgan fingerprint density at radius 3 is 2.42 bits per heavy atom. The van der Waals surface area contributed by atoms with Crippen molar-refractivity contribution in [2.45, 2.75) is 38.5 Å². The first kappa shape index (κ1) is 20.3. The number of rotatable bonds is 4. The molecule has 140 valence electrons. The standard InChI is InChI=1S/C18H19BrF2N2O3/c1-18(2,3)23(17(25)26)15(13-7-12(20)4-5-14(13)21)16(24)10-6-11(19)9-22-8-10/h4-9,15-16,24H,1-3H3,(H,25,26)/t15-,16+/m1/s1. The molecule has 5 nitrogen and oxygen atoms in total. The number of amides is 1. The summed E-state index contributed by atoms with van der Waals surface area (Å²) >= 11 is 3.23. The Hall–Kier alpha value is -2.06. The van der Waals surface area contributed by atoms with Crippen LogP contribution in [0.3, 0.4) is 0 Å². The highest BCUT2D eigenvalue weighted by Gasteiger charge is 2.40. The van der Waals surface area contributed by atoms with Crippen molar-refractivity contribution in [2.75, 3.05) is 0 Å². The smallest absolute Gasteiger partial charge is 0.408 e. The molecule has 0 radical (unpaired) electrons. The maximum atomic E-state index is 14.5. The van der Waals surface area contributed by atoms with E-state index in [4.69, 9.17) is 0 Å². The lowest BCUT2D eigenvalue weighted by Gasteiger charge is -2.42. The molecule has 0 aliphatic carbocycles. The minimum atomic E-state index is -1.47. The monoisotopic (exact) mass is 428 g/mol. The number of carboxylic acid groups (broad SMARTS) is 1. The third-order valence-corrected chi connectivity index (χ3v) is 4.28. The SMILES string of the molecule is CC(C)(C)N(C(=O)O)[C@H](c1cc(F)ccc1F)[C@@H](O)c1cncc(Br)c1. The predicted octanol–water partition coefficient (Wildman–Crippen LogP) is 4.68. The van der Waals surface area contributed by atoms with Gasteiger partial charge in [-0.1, -0.05) is 0 Å². The summed E-state index contributed by atoms with van der Waals surface area (Å²) in [6.45, 7) is 4.83. The zero-order valence-electron chi connectivity index (χ0n) is 14.4. The van der Waals surface area contributed by atoms with E-state index in [1.54, 1.807) is 26.8 Å². The Morgan fingerprint density at radius 2 is 1.88 bits per heavy atom. The van der Waals surface area contributed by atoms with E-state index in [1.165, 1.54) is 12.4 Å². The summed E-state index contributed by atoms with van der Waals surface area (Å²) in [5.74, 6) is -1.54. The molecule has 1 amide bonds. The van der Waals surface area contributed by atoms with E-state index in [0.717, 1.165) is 23.1 Å². The van der Waals surface area contributed by atoms with Gasteiger partial charge >= 0.3 is 6.09 Å². The van der Waals surface area contributed by atoms with Crippen molar-refractivity contribution in [3.63, 3.8) is 0 Å². The van der Waals surface area contributed by atoms with Crippen LogP contribution >= 0.6 is 15.9 Å². The van der Waals surface area contributed by atoms with Gasteiger partial charge in [-0.25, -0.2) is 13.6 Å². The van der Waals surface area contributed by atoms with Crippen molar-refractivity contribution in [3.05, 3.63) is 63.9 Å². The van der Waals surface area contributed by atoms with Gasteiger partial charge in [0.15, 0.2) is 0 Å². The van der Waals surface area contributed by atoms with Gasteiger partial charge in [0.1, 0.15) is 17.7 Å². The summed E-state index contributed by atoms with van der Waals surface area (Å²) in [6, 6.07) is 2.91. The molecule has 0 saturated carbocycles. The molecule has 8 heteroatoms. The van der Waals surface area contributed by atoms with E-state index in [9.17, 15) is 23.8 Å². The highest BCUT2D eigenvalue weighted by atomic mass is 79.9. The highest BCUT2D eigenvalue weighted by molar-refractivity contribution is 9.10. The van der Waals surface area contributed by atoms with Crippen LogP contribution in [0.1, 0.15) is 44.0 Å². The largest absolute Gasteiger partial charge is 0.465 e. The van der Waals surface area contributed by atoms with E-state index < -0.39 is 35.4 Å². The van der Waals surface area contributed by atoms with Gasteiger partial charge in [0.25, 0.3) is 0 Å². The fourth-order valence-corrected chi connectivity index (χ4v) is 3.17. The average Bonchev–Trinajstić information content (AvgIpc) is 2.52. The Morgan fingerprint density at radius 1 is 1.23 bits per heavy atom. The van der Waals surface area contributed by atoms with Crippen molar-refractivity contribution >= 4 is 22.0 Å². The number of benzene rings is 1. The van der Waals surface area contributed by atoms with Crippen LogP contribution in [0.25, 0.3) is 0 Å². The number of carbonyl (C=O) groups is 1. The van der Waals surface area contributed by atoms with Crippen LogP contribution in [0.2, 0.25) is 0 Å². The lowest BCUT2D eigenvalue weighted by atomic mass is 9.91. The summed E-state index contributed by atoms with van der Waals surface area (Å²) in [4.78, 5) is 16.8. The van der Waals surface area contributed by atoms with Crippen molar-refractivity contribution in [1.29, 1.82) is 0 Å². The zero-order chi connectivity index (χ0) is 19.6. The van der Waals surface area contributed by atoms with Crippen LogP contribution in [0.15, 0.2) is 41.1 Å². The van der Waals surface area contributed by atoms with E-state index in [0.29, 0.717) is 4.47 Å². The summed E-state index contributed by atoms with van der Waals surface area (Å²) in [5.41, 5.74) is -0.978. The number of hydrogen-bond acceptors (Lipinski definition) is 3. The van der Waals surface area contributed by atoms with Crippen molar-refractivity contribution in [2.24, 2.45) is 0 Å². The molecule has 2 aromatic rings. The lowest BCUT2D eigenvalue weighted by molar-refractivity contribution is 0.00337. The summed E-state index contributed by atoms with van der Waals surface area (Å²) < 4.78 is 28.8. The molecule has 1 aromatic carbocycles. The van der Waals surface area contributed by atoms with Crippen LogP contribution in [0.4, 0.5) is 13.6 Å². The first-order chi connectivity index (χ1) is 12.0. The minimum Gasteiger partial charge on any atom is -0.465 e. The van der Waals surface area contributed by atoms with Gasteiger partial charge in [0.05, 0.1) is 6.04 Å². The van der Waals surface area contributed by atoms with E-state index in [2.05, 4.69) is 20.9 Å². The normalized spacial score (nSPS) is 14.0. The molecule has 0 bridgehead atoms. The third-order valence-electron chi connectivity index (χ3n) is 3.85. The number of hydrogen-bond donors (Lipinski definition) is 2. The fourth-order valence-electron chi connectivity index (χ4n) is 2.79. The zero-order valence-corrected chi connectivity index (χ0v) is 16.0. The number of nitrogens with zero attached hydrogens (tertiary/aromatic N) is 2. The summed E-state index contributed by atoms with van der Waals surface area (Å²) in [7, 11) is 0. The molecular weight excluding hydrogens is 410 g/mol. The third kappa shape index (κ3) is 4.37. The van der Waals surface area contributed by atoms with Crippen LogP contribution in [-0.4, -0.2) is 31.7 Å². The predicted molar refractivity (Wildman–Crippen MR) is 95.6 cm³/mol. The van der Waals surface area contributed by atoms with Gasteiger partial charge in [-0.2, -0.15) is 0 Å². The van der Waals surface area contributed by atoms with E-state index in [1.807, 2.05) is 0 Å². The first-order valence-electron chi connectivity index (χ1n) is 7.78. The summed E-state index contributed by atoms with van der Waals surface area (Å²) in [6.07, 6.45) is 0.00877. The molecular formula is C18H19BrF2N2O3. The molecule has 2 atom stereocenters. The molecule has 0 aliphatic rings. The molecule has 2 N–H and O–H groups in total. The Balaban J connectivity index is 2.68. The van der Waals surface area contributed by atoms with Crippen LogP contribution in [-0.2, 0) is 0 Å². The van der Waals surface area contributed by atoms with Gasteiger partial charge in [-0.15, -0.1) is 0 Å². The maximum Gasteiger partial charge on any atom is 0.408 e. The second kappa shape index (κ2) is 7.67. The molecule has 0 fully saturated rings. The van der Waals surface area contributed by atoms with Gasteiger partial charge in [0, 0.05) is 33.5 Å². The van der Waals surface area contributed by atoms with Crippen molar-refractivity contribution in [1.82, 2.24) is 9.88 Å². The lowest BCUT2D eigenvalue weighted by Crippen LogP contribution is -2.49. The molecule has 26 heavy (non-hydrogen) atoms. The number of aliphatic hydroxyl groups is 1. The number of aliphatic hydroxyl groups excluding tert-OH is 1. The highest BCUT2D eigenvalue weighted by Crippen LogP contribution is 2.39. The fraction of sp³-hybridized carbons (Fsp3) is 0.333. The van der Waals surface area contributed by atoms with Crippen molar-refractivity contribution < 1.29 is 23.8 Å². The Bertz CT molecular complexity index is 811. The molecule has 2 rings (SSSR count). The van der Waals surface area contributed by atoms with Gasteiger partial charge in [-0.3, -0.25) is 9.88 Å². The molecule has 0 unspecified atom stereocenters. The molecule has 0 saturated heterocycles. The van der Waals surface area contributed by atoms with Crippen molar-refractivity contribution in [3.8, 4) is 0 Å². The van der Waals surface area contributed by atoms with E-state index in [-0.39, 0.29) is 11.1 Å². The second-order valence-electron chi connectivity index (χ2n) is 6.82. The Labute approximate surface area is 158 Å². The quantitative estimate of drug-likeness (QED) is 0.741. The number of aromatic nitrogens is 1. The van der Waals surface area contributed by atoms with Gasteiger partial charge < -0.3 is 10.2 Å². The minimum absolute atomic E-state index is 0.255. The average molecular weight is 429 g/mol. The van der Waals surface area contributed by atoms with Crippen LogP contribution in [0.5, 0.6) is 0 Å². The van der Waals surface area contributed by atoms with Gasteiger partial charge in [0.2, 0.25) is 0 Å². The van der Waals surface area contributed by atoms with E-state index >= 15 is 0 Å². The number of pyridine rings is 1. The molecule has 1 aromatic heterocycles. The Kier molecular flexibility index (Phi) is 5.98. The summed E-state index contributed by atoms with van der Waals surface area (Å²) in [5, 5.41) is 20.6. The maximum absolute atomic E-state index is 14.5. The van der Waals surface area contributed by atoms with Gasteiger partial charge in [-0.05, 0) is 61.0 Å². The molecule has 0 spiro atoms. The van der Waals surface area contributed by atoms with Crippen LogP contribution < -0.4 is 0 Å². The first-order valence-corrected chi connectivity index (χ1v) is 8.57. The molecule has 0 aliphatic heterocycles. The topological polar surface area (TPSA) is 73.7 Å². The molecule has 1 heterocycles. The number of halogens is 3.